The van der Waals surface area contributed by atoms with Gasteiger partial charge in [0.25, 0.3) is 5.91 Å². The number of benzene rings is 2. The quantitative estimate of drug-likeness (QED) is 0.571. The first-order chi connectivity index (χ1) is 12.1. The fourth-order valence-electron chi connectivity index (χ4n) is 2.70. The van der Waals surface area contributed by atoms with Gasteiger partial charge in [-0.05, 0) is 38.1 Å². The molecule has 0 aliphatic carbocycles. The molecule has 0 aliphatic heterocycles. The van der Waals surface area contributed by atoms with E-state index >= 15 is 0 Å². The van der Waals surface area contributed by atoms with E-state index in [1.54, 1.807) is 11.3 Å². The minimum atomic E-state index is -0.112. The first-order valence-corrected chi connectivity index (χ1v) is 8.90. The van der Waals surface area contributed by atoms with Crippen LogP contribution in [-0.2, 0) is 0 Å². The Bertz CT molecular complexity index is 1060. The first kappa shape index (κ1) is 15.6. The Kier molecular flexibility index (Phi) is 3.86. The number of nitrogens with zero attached hydrogens (tertiary/aromatic N) is 2. The maximum Gasteiger partial charge on any atom is 0.255 e. The van der Waals surface area contributed by atoms with Crippen LogP contribution in [0.25, 0.3) is 16.2 Å². The fraction of sp³-hybridized carbons (Fsp3) is 0.100. The van der Waals surface area contributed by atoms with Gasteiger partial charge in [0.1, 0.15) is 0 Å². The molecule has 1 amide bonds. The van der Waals surface area contributed by atoms with E-state index in [1.165, 1.54) is 5.69 Å². The highest BCUT2D eigenvalue weighted by Gasteiger charge is 2.10. The summed E-state index contributed by atoms with van der Waals surface area (Å²) in [6, 6.07) is 15.3. The summed E-state index contributed by atoms with van der Waals surface area (Å²) in [5.74, 6) is -0.112. The topological polar surface area (TPSA) is 46.4 Å². The molecule has 25 heavy (non-hydrogen) atoms. The Morgan fingerprint density at radius 1 is 1.12 bits per heavy atom. The van der Waals surface area contributed by atoms with Crippen molar-refractivity contribution in [1.29, 1.82) is 0 Å². The van der Waals surface area contributed by atoms with Crippen LogP contribution in [0.3, 0.4) is 0 Å². The van der Waals surface area contributed by atoms with E-state index < -0.39 is 0 Å². The Morgan fingerprint density at radius 2 is 1.92 bits per heavy atom. The largest absolute Gasteiger partial charge is 0.322 e. The molecule has 0 bridgehead atoms. The monoisotopic (exact) mass is 347 g/mol. The number of anilines is 1. The lowest BCUT2D eigenvalue weighted by Crippen LogP contribution is -2.11. The standard InChI is InChI=1S/C20H17N3OS/c1-13-6-8-15(9-7-13)19(24)21-17-5-3-4-16(10-17)18-11-23-14(2)12-25-20(23)22-18/h3-12H,1-2H3,(H,21,24). The number of amides is 1. The third-order valence-electron chi connectivity index (χ3n) is 4.12. The molecule has 0 spiro atoms. The number of imidazole rings is 1. The lowest BCUT2D eigenvalue weighted by atomic mass is 10.1. The van der Waals surface area contributed by atoms with Crippen molar-refractivity contribution >= 4 is 27.9 Å². The summed E-state index contributed by atoms with van der Waals surface area (Å²) < 4.78 is 2.08. The molecule has 0 aliphatic rings. The van der Waals surface area contributed by atoms with Crippen LogP contribution in [0.1, 0.15) is 21.6 Å². The van der Waals surface area contributed by atoms with E-state index in [2.05, 4.69) is 27.0 Å². The van der Waals surface area contributed by atoms with Gasteiger partial charge < -0.3 is 5.32 Å². The summed E-state index contributed by atoms with van der Waals surface area (Å²) in [4.78, 5) is 18.0. The molecule has 0 radical (unpaired) electrons. The number of hydrogen-bond donors (Lipinski definition) is 1. The van der Waals surface area contributed by atoms with Crippen LogP contribution in [0.5, 0.6) is 0 Å². The van der Waals surface area contributed by atoms with Gasteiger partial charge in [-0.25, -0.2) is 4.98 Å². The Morgan fingerprint density at radius 3 is 2.68 bits per heavy atom. The Labute approximate surface area is 149 Å². The molecule has 0 atom stereocenters. The number of nitrogens with one attached hydrogen (secondary N) is 1. The van der Waals surface area contributed by atoms with Crippen LogP contribution in [0, 0.1) is 13.8 Å². The second kappa shape index (κ2) is 6.18. The second-order valence-corrected chi connectivity index (χ2v) is 6.89. The minimum Gasteiger partial charge on any atom is -0.322 e. The third-order valence-corrected chi connectivity index (χ3v) is 5.08. The van der Waals surface area contributed by atoms with Crippen molar-refractivity contribution in [3.8, 4) is 11.3 Å². The van der Waals surface area contributed by atoms with Crippen molar-refractivity contribution in [1.82, 2.24) is 9.38 Å². The number of hydrogen-bond acceptors (Lipinski definition) is 3. The summed E-state index contributed by atoms with van der Waals surface area (Å²) in [5.41, 5.74) is 5.60. The van der Waals surface area contributed by atoms with Crippen LogP contribution in [0.2, 0.25) is 0 Å². The average molecular weight is 347 g/mol. The normalized spacial score (nSPS) is 11.0. The Hall–Kier alpha value is -2.92. The number of thiazole rings is 1. The smallest absolute Gasteiger partial charge is 0.255 e. The maximum absolute atomic E-state index is 12.4. The third kappa shape index (κ3) is 3.06. The van der Waals surface area contributed by atoms with Crippen molar-refractivity contribution in [2.45, 2.75) is 13.8 Å². The second-order valence-electron chi connectivity index (χ2n) is 6.06. The van der Waals surface area contributed by atoms with Gasteiger partial charge in [0.2, 0.25) is 0 Å². The van der Waals surface area contributed by atoms with Crippen LogP contribution < -0.4 is 5.32 Å². The van der Waals surface area contributed by atoms with Crippen molar-refractivity contribution in [2.75, 3.05) is 5.32 Å². The van der Waals surface area contributed by atoms with E-state index in [4.69, 9.17) is 0 Å². The molecule has 0 fully saturated rings. The molecule has 2 aromatic heterocycles. The van der Waals surface area contributed by atoms with Crippen LogP contribution in [0.15, 0.2) is 60.1 Å². The van der Waals surface area contributed by atoms with E-state index in [9.17, 15) is 4.79 Å². The molecule has 1 N–H and O–H groups in total. The predicted octanol–water partition coefficient (Wildman–Crippen LogP) is 4.93. The molecular weight excluding hydrogens is 330 g/mol. The zero-order chi connectivity index (χ0) is 17.4. The molecular formula is C20H17N3OS. The zero-order valence-electron chi connectivity index (χ0n) is 14.0. The summed E-state index contributed by atoms with van der Waals surface area (Å²) >= 11 is 1.62. The lowest BCUT2D eigenvalue weighted by Gasteiger charge is -2.07. The van der Waals surface area contributed by atoms with E-state index in [1.807, 2.05) is 61.7 Å². The lowest BCUT2D eigenvalue weighted by molar-refractivity contribution is 0.102. The van der Waals surface area contributed by atoms with Crippen LogP contribution in [-0.4, -0.2) is 15.3 Å². The summed E-state index contributed by atoms with van der Waals surface area (Å²) in [7, 11) is 0. The van der Waals surface area contributed by atoms with Crippen LogP contribution >= 0.6 is 11.3 Å². The number of aryl methyl sites for hydroxylation is 2. The number of carbonyl (C=O) groups is 1. The summed E-state index contributed by atoms with van der Waals surface area (Å²) in [6.45, 7) is 4.07. The molecule has 4 rings (SSSR count). The van der Waals surface area contributed by atoms with E-state index in [0.717, 1.165) is 27.5 Å². The van der Waals surface area contributed by atoms with Gasteiger partial charge >= 0.3 is 0 Å². The van der Waals surface area contributed by atoms with Gasteiger partial charge in [-0.2, -0.15) is 0 Å². The zero-order valence-corrected chi connectivity index (χ0v) is 14.8. The molecule has 0 saturated carbocycles. The van der Waals surface area contributed by atoms with Crippen LogP contribution in [0.4, 0.5) is 5.69 Å². The molecule has 4 aromatic rings. The molecule has 5 heteroatoms. The highest BCUT2D eigenvalue weighted by molar-refractivity contribution is 7.15. The highest BCUT2D eigenvalue weighted by Crippen LogP contribution is 2.25. The molecule has 0 saturated heterocycles. The van der Waals surface area contributed by atoms with Gasteiger partial charge in [-0.3, -0.25) is 9.20 Å². The van der Waals surface area contributed by atoms with Gasteiger partial charge in [0, 0.05) is 34.1 Å². The molecule has 0 unspecified atom stereocenters. The predicted molar refractivity (Wildman–Crippen MR) is 102 cm³/mol. The number of rotatable bonds is 3. The number of carbonyl (C=O) groups excluding carboxylic acids is 1. The van der Waals surface area contributed by atoms with Crippen molar-refractivity contribution in [3.05, 3.63) is 76.9 Å². The SMILES string of the molecule is Cc1ccc(C(=O)Nc2cccc(-c3cn4c(C)csc4n3)c2)cc1. The van der Waals surface area contributed by atoms with E-state index in [-0.39, 0.29) is 5.91 Å². The maximum atomic E-state index is 12.4. The van der Waals surface area contributed by atoms with Gasteiger partial charge in [0.05, 0.1) is 5.69 Å². The van der Waals surface area contributed by atoms with Crippen molar-refractivity contribution in [2.24, 2.45) is 0 Å². The van der Waals surface area contributed by atoms with Crippen molar-refractivity contribution in [3.63, 3.8) is 0 Å². The minimum absolute atomic E-state index is 0.112. The summed E-state index contributed by atoms with van der Waals surface area (Å²) in [5, 5.41) is 5.04. The number of fused-ring (bicyclic) bond motifs is 1. The Balaban J connectivity index is 1.60. The molecule has 124 valence electrons. The van der Waals surface area contributed by atoms with Gasteiger partial charge in [-0.15, -0.1) is 11.3 Å². The van der Waals surface area contributed by atoms with Crippen molar-refractivity contribution < 1.29 is 4.79 Å². The fourth-order valence-corrected chi connectivity index (χ4v) is 3.55. The van der Waals surface area contributed by atoms with Gasteiger partial charge in [0.15, 0.2) is 4.96 Å². The average Bonchev–Trinajstić information content (AvgIpc) is 3.18. The molecule has 2 aromatic carbocycles. The molecule has 2 heterocycles. The molecule has 4 nitrogen and oxygen atoms in total. The van der Waals surface area contributed by atoms with Gasteiger partial charge in [-0.1, -0.05) is 29.8 Å². The van der Waals surface area contributed by atoms with E-state index in [0.29, 0.717) is 5.56 Å². The highest BCUT2D eigenvalue weighted by atomic mass is 32.1. The number of aromatic nitrogens is 2. The first-order valence-electron chi connectivity index (χ1n) is 8.02. The summed E-state index contributed by atoms with van der Waals surface area (Å²) in [6.07, 6.45) is 2.03.